The summed E-state index contributed by atoms with van der Waals surface area (Å²) in [4.78, 5) is 3.64. The molecule has 0 aliphatic rings. The van der Waals surface area contributed by atoms with Crippen LogP contribution in [0.5, 0.6) is 0 Å². The van der Waals surface area contributed by atoms with Crippen molar-refractivity contribution >= 4 is 11.9 Å². The van der Waals surface area contributed by atoms with E-state index in [0.29, 0.717) is 0 Å². The van der Waals surface area contributed by atoms with Crippen molar-refractivity contribution < 1.29 is 0 Å². The topological polar surface area (TPSA) is 6.48 Å². The third-order valence-corrected chi connectivity index (χ3v) is 4.11. The van der Waals surface area contributed by atoms with Crippen LogP contribution in [0.2, 0.25) is 0 Å². The van der Waals surface area contributed by atoms with Crippen molar-refractivity contribution in [3.8, 4) is 0 Å². The summed E-state index contributed by atoms with van der Waals surface area (Å²) < 4.78 is 2.11. The molecule has 3 heteroatoms. The predicted octanol–water partition coefficient (Wildman–Crippen LogP) is 4.77. The molecule has 0 N–H and O–H groups in total. The van der Waals surface area contributed by atoms with Gasteiger partial charge in [-0.05, 0) is 75.7 Å². The molecule has 0 saturated heterocycles. The summed E-state index contributed by atoms with van der Waals surface area (Å²) in [6.07, 6.45) is 7.97. The first-order valence-electron chi connectivity index (χ1n) is 7.62. The normalized spacial score (nSPS) is 12.0. The zero-order chi connectivity index (χ0) is 16.4. The Bertz CT molecular complexity index is 489. The second-order valence-electron chi connectivity index (χ2n) is 5.57. The van der Waals surface area contributed by atoms with E-state index in [1.165, 1.54) is 16.0 Å². The Morgan fingerprint density at radius 1 is 1.14 bits per heavy atom. The van der Waals surface area contributed by atoms with E-state index < -0.39 is 0 Å². The molecule has 0 saturated carbocycles. The summed E-state index contributed by atoms with van der Waals surface area (Å²) in [5.41, 5.74) is 2.62. The first-order valence-corrected chi connectivity index (χ1v) is 8.39. The minimum absolute atomic E-state index is 0.988. The first kappa shape index (κ1) is 18.8. The van der Waals surface area contributed by atoms with Crippen LogP contribution in [0, 0.1) is 0 Å². The molecule has 0 amide bonds. The molecule has 22 heavy (non-hydrogen) atoms. The average molecular weight is 317 g/mol. The van der Waals surface area contributed by atoms with E-state index >= 15 is 0 Å². The van der Waals surface area contributed by atoms with Gasteiger partial charge in [0.15, 0.2) is 0 Å². The van der Waals surface area contributed by atoms with Crippen LogP contribution < -0.4 is 0 Å². The van der Waals surface area contributed by atoms with Gasteiger partial charge in [0.25, 0.3) is 0 Å². The maximum absolute atomic E-state index is 3.84. The highest BCUT2D eigenvalue weighted by atomic mass is 32.2. The van der Waals surface area contributed by atoms with Crippen molar-refractivity contribution in [2.75, 3.05) is 27.7 Å². The lowest BCUT2D eigenvalue weighted by atomic mass is 10.1. The molecule has 1 aromatic rings. The van der Waals surface area contributed by atoms with Crippen LogP contribution in [-0.4, -0.2) is 36.9 Å². The van der Waals surface area contributed by atoms with Gasteiger partial charge < -0.3 is 4.90 Å². The van der Waals surface area contributed by atoms with Crippen LogP contribution in [0.4, 0.5) is 0 Å². The van der Waals surface area contributed by atoms with Crippen LogP contribution in [0.15, 0.2) is 66.1 Å². The van der Waals surface area contributed by atoms with Gasteiger partial charge in [0.05, 0.1) is 0 Å². The molecule has 0 aliphatic heterocycles. The van der Waals surface area contributed by atoms with E-state index in [-0.39, 0.29) is 0 Å². The molecule has 0 bridgehead atoms. The van der Waals surface area contributed by atoms with Gasteiger partial charge in [0.1, 0.15) is 0 Å². The lowest BCUT2D eigenvalue weighted by Crippen LogP contribution is -2.19. The number of nitrogens with zero attached hydrogens (tertiary/aromatic N) is 2. The molecular formula is C19H28N2S. The van der Waals surface area contributed by atoms with Gasteiger partial charge in [-0.15, -0.1) is 0 Å². The van der Waals surface area contributed by atoms with E-state index in [1.54, 1.807) is 11.9 Å². The fraction of sp³-hybridized carbons (Fsp3) is 0.368. The average Bonchev–Trinajstić information content (AvgIpc) is 2.48. The lowest BCUT2D eigenvalue weighted by molar-refractivity contribution is 0.322. The monoisotopic (exact) mass is 316 g/mol. The molecule has 0 atom stereocenters. The van der Waals surface area contributed by atoms with Gasteiger partial charge in [0.2, 0.25) is 0 Å². The van der Waals surface area contributed by atoms with Crippen molar-refractivity contribution in [2.24, 2.45) is 0 Å². The van der Waals surface area contributed by atoms with Crippen LogP contribution in [0.3, 0.4) is 0 Å². The largest absolute Gasteiger partial charge is 0.302 e. The third-order valence-electron chi connectivity index (χ3n) is 3.26. The van der Waals surface area contributed by atoms with E-state index in [4.69, 9.17) is 0 Å². The number of rotatable bonds is 10. The molecule has 0 heterocycles. The van der Waals surface area contributed by atoms with Crippen molar-refractivity contribution in [3.05, 3.63) is 66.8 Å². The van der Waals surface area contributed by atoms with E-state index in [0.717, 1.165) is 25.9 Å². The highest BCUT2D eigenvalue weighted by Crippen LogP contribution is 2.20. The Hall–Kier alpha value is -1.29. The van der Waals surface area contributed by atoms with Gasteiger partial charge in [-0.3, -0.25) is 4.31 Å². The fourth-order valence-electron chi connectivity index (χ4n) is 2.22. The van der Waals surface area contributed by atoms with Gasteiger partial charge in [-0.2, -0.15) is 0 Å². The van der Waals surface area contributed by atoms with Gasteiger partial charge in [-0.25, -0.2) is 0 Å². The Morgan fingerprint density at radius 3 is 2.36 bits per heavy atom. The number of hydrogen-bond donors (Lipinski definition) is 0. The summed E-state index contributed by atoms with van der Waals surface area (Å²) >= 11 is 1.75. The number of benzene rings is 1. The summed E-state index contributed by atoms with van der Waals surface area (Å²) in [5, 5.41) is 0. The molecular weight excluding hydrogens is 288 g/mol. The van der Waals surface area contributed by atoms with Gasteiger partial charge in [0, 0.05) is 11.4 Å². The van der Waals surface area contributed by atoms with Gasteiger partial charge in [-0.1, -0.05) is 43.5 Å². The fourth-order valence-corrected chi connectivity index (χ4v) is 2.89. The minimum Gasteiger partial charge on any atom is -0.302 e. The number of allylic oxidation sites excluding steroid dienone is 4. The maximum Gasteiger partial charge on any atom is 0.0230 e. The molecule has 0 radical (unpaired) electrons. The third kappa shape index (κ3) is 7.64. The Morgan fingerprint density at radius 2 is 1.82 bits per heavy atom. The zero-order valence-electron chi connectivity index (χ0n) is 14.1. The molecule has 120 valence electrons. The van der Waals surface area contributed by atoms with Crippen LogP contribution in [0.1, 0.15) is 18.4 Å². The number of hydrogen-bond acceptors (Lipinski definition) is 3. The first-order chi connectivity index (χ1) is 10.5. The van der Waals surface area contributed by atoms with E-state index in [1.807, 2.05) is 18.2 Å². The molecule has 0 aromatic heterocycles. The summed E-state index contributed by atoms with van der Waals surface area (Å²) in [6.45, 7) is 9.64. The summed E-state index contributed by atoms with van der Waals surface area (Å²) in [6, 6.07) is 8.82. The minimum atomic E-state index is 0.988. The highest BCUT2D eigenvalue weighted by molar-refractivity contribution is 7.97. The Kier molecular flexibility index (Phi) is 8.90. The predicted molar refractivity (Wildman–Crippen MR) is 100 cm³/mol. The summed E-state index contributed by atoms with van der Waals surface area (Å²) in [5.74, 6) is 0. The molecule has 0 unspecified atom stereocenters. The van der Waals surface area contributed by atoms with Crippen molar-refractivity contribution in [1.82, 2.24) is 9.21 Å². The SMILES string of the molecule is C=C/C=C(\C=C)CCCN(C)Cc1ccc(SN(C)C)cc1. The molecule has 2 nitrogen and oxygen atoms in total. The lowest BCUT2D eigenvalue weighted by Gasteiger charge is -2.17. The van der Waals surface area contributed by atoms with Crippen molar-refractivity contribution in [3.63, 3.8) is 0 Å². The van der Waals surface area contributed by atoms with Crippen molar-refractivity contribution in [2.45, 2.75) is 24.3 Å². The van der Waals surface area contributed by atoms with Crippen molar-refractivity contribution in [1.29, 1.82) is 0 Å². The maximum atomic E-state index is 3.84. The zero-order valence-corrected chi connectivity index (χ0v) is 14.9. The molecule has 0 aliphatic carbocycles. The Labute approximate surface area is 140 Å². The summed E-state index contributed by atoms with van der Waals surface area (Å²) in [7, 11) is 6.29. The van der Waals surface area contributed by atoms with Crippen LogP contribution >= 0.6 is 11.9 Å². The second-order valence-corrected chi connectivity index (χ2v) is 6.95. The molecule has 1 aromatic carbocycles. The van der Waals surface area contributed by atoms with Gasteiger partial charge >= 0.3 is 0 Å². The quantitative estimate of drug-likeness (QED) is 0.454. The molecule has 0 fully saturated rings. The standard InChI is InChI=1S/C19H28N2S/c1-6-9-17(7-2)10-8-15-21(5)16-18-11-13-19(14-12-18)22-20(3)4/h6-7,9,11-14H,1-2,8,10,15-16H2,3-5H3/b17-9+. The molecule has 1 rings (SSSR count). The Balaban J connectivity index is 2.38. The van der Waals surface area contributed by atoms with E-state index in [2.05, 4.69) is 67.8 Å². The van der Waals surface area contributed by atoms with Crippen LogP contribution in [0.25, 0.3) is 0 Å². The molecule has 0 spiro atoms. The smallest absolute Gasteiger partial charge is 0.0230 e. The van der Waals surface area contributed by atoms with Crippen LogP contribution in [-0.2, 0) is 6.54 Å². The van der Waals surface area contributed by atoms with E-state index in [9.17, 15) is 0 Å². The second kappa shape index (κ2) is 10.4. The highest BCUT2D eigenvalue weighted by Gasteiger charge is 2.02.